The molecule has 0 aliphatic heterocycles. The van der Waals surface area contributed by atoms with Gasteiger partial charge in [-0.15, -0.1) is 0 Å². The molecule has 4 nitrogen and oxygen atoms in total. The van der Waals surface area contributed by atoms with E-state index in [0.717, 1.165) is 28.2 Å². The van der Waals surface area contributed by atoms with Crippen LogP contribution >= 0.6 is 0 Å². The van der Waals surface area contributed by atoms with Gasteiger partial charge in [-0.25, -0.2) is 0 Å². The van der Waals surface area contributed by atoms with Gasteiger partial charge in [0.15, 0.2) is 0 Å². The van der Waals surface area contributed by atoms with Gasteiger partial charge in [0.25, 0.3) is 0 Å². The third-order valence-electron chi connectivity index (χ3n) is 3.54. The topological polar surface area (TPSA) is 40.0 Å². The fraction of sp³-hybridized carbons (Fsp3) is 0.316. The van der Waals surface area contributed by atoms with E-state index in [9.17, 15) is 0 Å². The van der Waals surface area contributed by atoms with Crippen molar-refractivity contribution in [3.05, 3.63) is 64.7 Å². The van der Waals surface area contributed by atoms with Crippen molar-refractivity contribution in [2.45, 2.75) is 20.5 Å². The highest BCUT2D eigenvalue weighted by Crippen LogP contribution is 2.21. The van der Waals surface area contributed by atoms with Crippen LogP contribution in [-0.2, 0) is 16.2 Å². The molecule has 2 aromatic rings. The van der Waals surface area contributed by atoms with Crippen molar-refractivity contribution in [3.63, 3.8) is 0 Å². The largest absolute Gasteiger partial charge is 0.489 e. The van der Waals surface area contributed by atoms with Gasteiger partial charge in [0.05, 0.1) is 6.61 Å². The molecule has 0 aliphatic rings. The quantitative estimate of drug-likeness (QED) is 0.575. The van der Waals surface area contributed by atoms with E-state index in [1.54, 1.807) is 7.11 Å². The van der Waals surface area contributed by atoms with Gasteiger partial charge < -0.3 is 14.3 Å². The lowest BCUT2D eigenvalue weighted by Crippen LogP contribution is -2.13. The Morgan fingerprint density at radius 3 is 2.57 bits per heavy atom. The van der Waals surface area contributed by atoms with Crippen molar-refractivity contribution in [2.75, 3.05) is 20.8 Å². The van der Waals surface area contributed by atoms with Gasteiger partial charge >= 0.3 is 0 Å². The molecule has 4 heteroatoms. The predicted molar refractivity (Wildman–Crippen MR) is 92.1 cm³/mol. The SMILES string of the molecule is COCC(=NOC)c1ccccc1COc1cc(C)ccc1C. The van der Waals surface area contributed by atoms with Crippen LogP contribution in [0.4, 0.5) is 0 Å². The molecular formula is C19H23NO3. The van der Waals surface area contributed by atoms with Crippen LogP contribution < -0.4 is 4.74 Å². The van der Waals surface area contributed by atoms with E-state index in [-0.39, 0.29) is 0 Å². The molecule has 0 saturated heterocycles. The van der Waals surface area contributed by atoms with E-state index < -0.39 is 0 Å². The predicted octanol–water partition coefficient (Wildman–Crippen LogP) is 3.88. The fourth-order valence-electron chi connectivity index (χ4n) is 2.35. The standard InChI is InChI=1S/C19H23NO3/c1-14-9-10-15(2)19(11-14)23-12-16-7-5-6-8-17(16)18(13-21-3)20-22-4/h5-11H,12-13H2,1-4H3. The first-order chi connectivity index (χ1) is 11.2. The molecular weight excluding hydrogens is 290 g/mol. The summed E-state index contributed by atoms with van der Waals surface area (Å²) in [5, 5.41) is 4.07. The van der Waals surface area contributed by atoms with Gasteiger partial charge in [-0.05, 0) is 36.6 Å². The molecule has 0 unspecified atom stereocenters. The Labute approximate surface area is 137 Å². The number of aryl methyl sites for hydroxylation is 2. The number of oxime groups is 1. The second-order valence-corrected chi connectivity index (χ2v) is 5.37. The normalized spacial score (nSPS) is 11.4. The summed E-state index contributed by atoms with van der Waals surface area (Å²) in [6.45, 7) is 4.95. The number of rotatable bonds is 7. The van der Waals surface area contributed by atoms with Crippen molar-refractivity contribution in [1.29, 1.82) is 0 Å². The molecule has 0 fully saturated rings. The smallest absolute Gasteiger partial charge is 0.122 e. The van der Waals surface area contributed by atoms with Crippen LogP contribution in [-0.4, -0.2) is 26.5 Å². The lowest BCUT2D eigenvalue weighted by Gasteiger charge is -2.14. The number of hydrogen-bond donors (Lipinski definition) is 0. The molecule has 0 amide bonds. The number of benzene rings is 2. The number of ether oxygens (including phenoxy) is 2. The Balaban J connectivity index is 2.23. The Hall–Kier alpha value is -2.33. The van der Waals surface area contributed by atoms with Crippen LogP contribution in [0.3, 0.4) is 0 Å². The molecule has 23 heavy (non-hydrogen) atoms. The summed E-state index contributed by atoms with van der Waals surface area (Å²) >= 11 is 0. The third kappa shape index (κ3) is 4.57. The van der Waals surface area contributed by atoms with Crippen LogP contribution in [0.1, 0.15) is 22.3 Å². The minimum Gasteiger partial charge on any atom is -0.489 e. The summed E-state index contributed by atoms with van der Waals surface area (Å²) in [6.07, 6.45) is 0. The van der Waals surface area contributed by atoms with Gasteiger partial charge in [-0.3, -0.25) is 0 Å². The maximum atomic E-state index is 6.01. The average Bonchev–Trinajstić information content (AvgIpc) is 2.56. The first kappa shape index (κ1) is 17.0. The Morgan fingerprint density at radius 2 is 1.83 bits per heavy atom. The zero-order valence-corrected chi connectivity index (χ0v) is 14.1. The molecule has 0 heterocycles. The van der Waals surface area contributed by atoms with Crippen LogP contribution in [0.15, 0.2) is 47.6 Å². The zero-order valence-electron chi connectivity index (χ0n) is 14.1. The van der Waals surface area contributed by atoms with Gasteiger partial charge in [0, 0.05) is 12.7 Å². The molecule has 0 saturated carbocycles. The van der Waals surface area contributed by atoms with E-state index in [1.807, 2.05) is 31.2 Å². The maximum Gasteiger partial charge on any atom is 0.122 e. The molecule has 0 atom stereocenters. The summed E-state index contributed by atoms with van der Waals surface area (Å²) in [4.78, 5) is 4.93. The second kappa shape index (κ2) is 8.34. The molecule has 122 valence electrons. The Kier molecular flexibility index (Phi) is 6.18. The number of nitrogens with zero attached hydrogens (tertiary/aromatic N) is 1. The molecule has 0 aliphatic carbocycles. The highest BCUT2D eigenvalue weighted by atomic mass is 16.6. The van der Waals surface area contributed by atoms with E-state index >= 15 is 0 Å². The molecule has 2 aromatic carbocycles. The molecule has 0 radical (unpaired) electrons. The lowest BCUT2D eigenvalue weighted by atomic mass is 10.0. The molecule has 0 N–H and O–H groups in total. The van der Waals surface area contributed by atoms with Crippen molar-refractivity contribution >= 4 is 5.71 Å². The fourth-order valence-corrected chi connectivity index (χ4v) is 2.35. The van der Waals surface area contributed by atoms with Gasteiger partial charge in [0.1, 0.15) is 25.2 Å². The van der Waals surface area contributed by atoms with Crippen LogP contribution in [0.5, 0.6) is 5.75 Å². The van der Waals surface area contributed by atoms with Crippen LogP contribution in [0, 0.1) is 13.8 Å². The van der Waals surface area contributed by atoms with E-state index in [0.29, 0.717) is 13.2 Å². The highest BCUT2D eigenvalue weighted by molar-refractivity contribution is 6.02. The summed E-state index contributed by atoms with van der Waals surface area (Å²) in [6, 6.07) is 14.2. The Bertz CT molecular complexity index is 680. The monoisotopic (exact) mass is 313 g/mol. The molecule has 2 rings (SSSR count). The van der Waals surface area contributed by atoms with Gasteiger partial charge in [0.2, 0.25) is 0 Å². The van der Waals surface area contributed by atoms with Gasteiger partial charge in [-0.1, -0.05) is 41.6 Å². The highest BCUT2D eigenvalue weighted by Gasteiger charge is 2.11. The number of hydrogen-bond acceptors (Lipinski definition) is 4. The number of methoxy groups -OCH3 is 1. The van der Waals surface area contributed by atoms with Crippen molar-refractivity contribution in [2.24, 2.45) is 5.16 Å². The summed E-state index contributed by atoms with van der Waals surface area (Å²) in [5.41, 5.74) is 5.06. The van der Waals surface area contributed by atoms with Crippen molar-refractivity contribution in [1.82, 2.24) is 0 Å². The summed E-state index contributed by atoms with van der Waals surface area (Å²) in [7, 11) is 3.17. The second-order valence-electron chi connectivity index (χ2n) is 5.37. The van der Waals surface area contributed by atoms with E-state index in [4.69, 9.17) is 14.3 Å². The molecule has 0 aromatic heterocycles. The average molecular weight is 313 g/mol. The minimum absolute atomic E-state index is 0.383. The van der Waals surface area contributed by atoms with Crippen molar-refractivity contribution < 1.29 is 14.3 Å². The van der Waals surface area contributed by atoms with E-state index in [2.05, 4.69) is 30.3 Å². The van der Waals surface area contributed by atoms with E-state index in [1.165, 1.54) is 12.7 Å². The zero-order chi connectivity index (χ0) is 16.7. The molecule has 0 spiro atoms. The van der Waals surface area contributed by atoms with Crippen molar-refractivity contribution in [3.8, 4) is 5.75 Å². The van der Waals surface area contributed by atoms with Crippen LogP contribution in [0.2, 0.25) is 0 Å². The molecule has 0 bridgehead atoms. The first-order valence-electron chi connectivity index (χ1n) is 7.53. The maximum absolute atomic E-state index is 6.01. The van der Waals surface area contributed by atoms with Crippen LogP contribution in [0.25, 0.3) is 0 Å². The summed E-state index contributed by atoms with van der Waals surface area (Å²) in [5.74, 6) is 0.900. The third-order valence-corrected chi connectivity index (χ3v) is 3.54. The lowest BCUT2D eigenvalue weighted by molar-refractivity contribution is 0.201. The first-order valence-corrected chi connectivity index (χ1v) is 7.53. The summed E-state index contributed by atoms with van der Waals surface area (Å²) < 4.78 is 11.2. The van der Waals surface area contributed by atoms with Gasteiger partial charge in [-0.2, -0.15) is 0 Å². The Morgan fingerprint density at radius 1 is 1.04 bits per heavy atom. The minimum atomic E-state index is 0.383.